The minimum absolute atomic E-state index is 0.138. The average molecular weight is 278 g/mol. The molecule has 1 aliphatic rings. The van der Waals surface area contributed by atoms with E-state index in [-0.39, 0.29) is 5.97 Å². The number of aliphatic imine (C=N–C) groups is 1. The highest BCUT2D eigenvalue weighted by atomic mass is 32.2. The first-order valence-corrected chi connectivity index (χ1v) is 7.45. The van der Waals surface area contributed by atoms with Gasteiger partial charge in [0.2, 0.25) is 0 Å². The Kier molecular flexibility index (Phi) is 5.27. The Balaban J connectivity index is 1.82. The lowest BCUT2D eigenvalue weighted by molar-refractivity contribution is -0.143. The number of hydrogen-bond donors (Lipinski definition) is 1. The number of esters is 1. The predicted octanol–water partition coefficient (Wildman–Crippen LogP) is 2.70. The smallest absolute Gasteiger partial charge is 0.306 e. The molecule has 0 aliphatic carbocycles. The molecular formula is C14H18N2O2S. The highest BCUT2D eigenvalue weighted by Gasteiger charge is 2.07. The first kappa shape index (κ1) is 13.9. The van der Waals surface area contributed by atoms with Gasteiger partial charge in [0.05, 0.1) is 13.2 Å². The molecular weight excluding hydrogens is 260 g/mol. The Morgan fingerprint density at radius 2 is 2.21 bits per heavy atom. The van der Waals surface area contributed by atoms with E-state index < -0.39 is 0 Å². The van der Waals surface area contributed by atoms with Gasteiger partial charge >= 0.3 is 5.97 Å². The van der Waals surface area contributed by atoms with Gasteiger partial charge in [-0.1, -0.05) is 23.9 Å². The Labute approximate surface area is 117 Å². The van der Waals surface area contributed by atoms with Gasteiger partial charge in [-0.25, -0.2) is 0 Å². The van der Waals surface area contributed by atoms with Crippen molar-refractivity contribution in [1.29, 1.82) is 0 Å². The van der Waals surface area contributed by atoms with Crippen LogP contribution in [0, 0.1) is 0 Å². The molecule has 1 aromatic rings. The van der Waals surface area contributed by atoms with Crippen LogP contribution in [-0.4, -0.2) is 30.0 Å². The van der Waals surface area contributed by atoms with Crippen molar-refractivity contribution in [1.82, 2.24) is 0 Å². The molecule has 102 valence electrons. The van der Waals surface area contributed by atoms with Gasteiger partial charge in [-0.3, -0.25) is 9.79 Å². The van der Waals surface area contributed by atoms with E-state index in [1.807, 2.05) is 31.2 Å². The molecule has 19 heavy (non-hydrogen) atoms. The van der Waals surface area contributed by atoms with E-state index in [2.05, 4.69) is 10.3 Å². The number of ether oxygens (including phenoxy) is 1. The first-order chi connectivity index (χ1) is 9.28. The molecule has 2 rings (SSSR count). The molecule has 1 aliphatic heterocycles. The van der Waals surface area contributed by atoms with Crippen molar-refractivity contribution >= 4 is 28.6 Å². The van der Waals surface area contributed by atoms with Gasteiger partial charge in [-0.15, -0.1) is 0 Å². The number of benzene rings is 1. The third-order valence-corrected chi connectivity index (χ3v) is 3.61. The molecule has 1 aromatic carbocycles. The Morgan fingerprint density at radius 1 is 1.42 bits per heavy atom. The van der Waals surface area contributed by atoms with Gasteiger partial charge < -0.3 is 10.1 Å². The summed E-state index contributed by atoms with van der Waals surface area (Å²) in [5, 5.41) is 4.26. The number of carbonyl (C=O) groups is 1. The molecule has 0 aromatic heterocycles. The SMILES string of the molecule is CCOC(=O)CCc1ccc(NC2=NCCS2)cc1. The van der Waals surface area contributed by atoms with Crippen LogP contribution >= 0.6 is 11.8 Å². The summed E-state index contributed by atoms with van der Waals surface area (Å²) in [5.74, 6) is 0.918. The standard InChI is InChI=1S/C14H18N2O2S/c1-2-18-13(17)8-5-11-3-6-12(7-4-11)16-14-15-9-10-19-14/h3-4,6-7H,2,5,8-10H2,1H3,(H,15,16). The number of rotatable bonds is 5. The van der Waals surface area contributed by atoms with Crippen LogP contribution in [0.2, 0.25) is 0 Å². The number of hydrogen-bond acceptors (Lipinski definition) is 5. The number of carbonyl (C=O) groups excluding carboxylic acids is 1. The van der Waals surface area contributed by atoms with E-state index in [0.29, 0.717) is 13.0 Å². The number of thioether (sulfide) groups is 1. The van der Waals surface area contributed by atoms with Crippen LogP contribution in [0.4, 0.5) is 5.69 Å². The summed E-state index contributed by atoms with van der Waals surface area (Å²) in [4.78, 5) is 15.6. The first-order valence-electron chi connectivity index (χ1n) is 6.47. The fourth-order valence-corrected chi connectivity index (χ4v) is 2.52. The summed E-state index contributed by atoms with van der Waals surface area (Å²) in [5.41, 5.74) is 2.17. The number of nitrogens with one attached hydrogen (secondary N) is 1. The van der Waals surface area contributed by atoms with E-state index in [1.54, 1.807) is 11.8 Å². The van der Waals surface area contributed by atoms with E-state index in [0.717, 1.165) is 35.1 Å². The van der Waals surface area contributed by atoms with E-state index in [4.69, 9.17) is 4.74 Å². The average Bonchev–Trinajstić information content (AvgIpc) is 2.91. The van der Waals surface area contributed by atoms with Crippen LogP contribution in [0.5, 0.6) is 0 Å². The van der Waals surface area contributed by atoms with Crippen LogP contribution in [0.1, 0.15) is 18.9 Å². The quantitative estimate of drug-likeness (QED) is 0.841. The third kappa shape index (κ3) is 4.59. The molecule has 0 atom stereocenters. The van der Waals surface area contributed by atoms with E-state index in [1.165, 1.54) is 0 Å². The zero-order chi connectivity index (χ0) is 13.5. The molecule has 0 amide bonds. The molecule has 0 bridgehead atoms. The summed E-state index contributed by atoms with van der Waals surface area (Å²) < 4.78 is 4.91. The maximum absolute atomic E-state index is 11.3. The van der Waals surface area contributed by atoms with Crippen LogP contribution < -0.4 is 5.32 Å². The van der Waals surface area contributed by atoms with Crippen LogP contribution in [0.3, 0.4) is 0 Å². The summed E-state index contributed by atoms with van der Waals surface area (Å²) in [6, 6.07) is 8.09. The molecule has 0 saturated carbocycles. The Hall–Kier alpha value is -1.49. The second-order valence-corrected chi connectivity index (χ2v) is 5.25. The number of nitrogens with zero attached hydrogens (tertiary/aromatic N) is 1. The lowest BCUT2D eigenvalue weighted by atomic mass is 10.1. The Morgan fingerprint density at radius 3 is 2.84 bits per heavy atom. The van der Waals surface area contributed by atoms with Crippen LogP contribution in [0.25, 0.3) is 0 Å². The van der Waals surface area contributed by atoms with Crippen molar-refractivity contribution < 1.29 is 9.53 Å². The van der Waals surface area contributed by atoms with Gasteiger partial charge in [0.1, 0.15) is 0 Å². The van der Waals surface area contributed by atoms with Crippen LogP contribution in [0.15, 0.2) is 29.3 Å². The molecule has 0 radical (unpaired) electrons. The molecule has 1 N–H and O–H groups in total. The second kappa shape index (κ2) is 7.19. The fourth-order valence-electron chi connectivity index (χ4n) is 1.77. The summed E-state index contributed by atoms with van der Waals surface area (Å²) in [6.45, 7) is 3.16. The summed E-state index contributed by atoms with van der Waals surface area (Å²) >= 11 is 1.74. The summed E-state index contributed by atoms with van der Waals surface area (Å²) in [7, 11) is 0. The number of anilines is 1. The minimum Gasteiger partial charge on any atom is -0.466 e. The maximum atomic E-state index is 11.3. The fraction of sp³-hybridized carbons (Fsp3) is 0.429. The molecule has 4 nitrogen and oxygen atoms in total. The molecule has 0 saturated heterocycles. The van der Waals surface area contributed by atoms with Crippen molar-refractivity contribution in [3.63, 3.8) is 0 Å². The van der Waals surface area contributed by atoms with Crippen LogP contribution in [-0.2, 0) is 16.0 Å². The topological polar surface area (TPSA) is 50.7 Å². The maximum Gasteiger partial charge on any atom is 0.306 e. The molecule has 0 fully saturated rings. The largest absolute Gasteiger partial charge is 0.466 e. The van der Waals surface area contributed by atoms with Crippen molar-refractivity contribution in [2.45, 2.75) is 19.8 Å². The van der Waals surface area contributed by atoms with Gasteiger partial charge in [0.15, 0.2) is 5.17 Å². The van der Waals surface area contributed by atoms with Crippen molar-refractivity contribution in [3.8, 4) is 0 Å². The van der Waals surface area contributed by atoms with Gasteiger partial charge in [-0.2, -0.15) is 0 Å². The lowest BCUT2D eigenvalue weighted by Gasteiger charge is -2.06. The van der Waals surface area contributed by atoms with Crippen molar-refractivity contribution in [2.24, 2.45) is 4.99 Å². The third-order valence-electron chi connectivity index (χ3n) is 2.71. The van der Waals surface area contributed by atoms with Gasteiger partial charge in [-0.05, 0) is 31.0 Å². The number of aryl methyl sites for hydroxylation is 1. The van der Waals surface area contributed by atoms with E-state index in [9.17, 15) is 4.79 Å². The van der Waals surface area contributed by atoms with Gasteiger partial charge in [0, 0.05) is 17.9 Å². The highest BCUT2D eigenvalue weighted by molar-refractivity contribution is 8.14. The highest BCUT2D eigenvalue weighted by Crippen LogP contribution is 2.17. The zero-order valence-corrected chi connectivity index (χ0v) is 11.8. The second-order valence-electron chi connectivity index (χ2n) is 4.16. The Bertz CT molecular complexity index is 457. The zero-order valence-electron chi connectivity index (χ0n) is 11.0. The summed E-state index contributed by atoms with van der Waals surface area (Å²) in [6.07, 6.45) is 1.15. The molecule has 1 heterocycles. The van der Waals surface area contributed by atoms with Crippen molar-refractivity contribution in [3.05, 3.63) is 29.8 Å². The van der Waals surface area contributed by atoms with Crippen molar-refractivity contribution in [2.75, 3.05) is 24.2 Å². The molecule has 0 spiro atoms. The van der Waals surface area contributed by atoms with Gasteiger partial charge in [0.25, 0.3) is 0 Å². The monoisotopic (exact) mass is 278 g/mol. The predicted molar refractivity (Wildman–Crippen MR) is 79.8 cm³/mol. The lowest BCUT2D eigenvalue weighted by Crippen LogP contribution is -2.06. The minimum atomic E-state index is -0.138. The van der Waals surface area contributed by atoms with E-state index >= 15 is 0 Å². The molecule has 5 heteroatoms. The number of amidine groups is 1. The molecule has 0 unspecified atom stereocenters. The normalized spacial score (nSPS) is 14.1.